The Morgan fingerprint density at radius 3 is 2.39 bits per heavy atom. The predicted molar refractivity (Wildman–Crippen MR) is 121 cm³/mol. The molecule has 0 aliphatic rings. The standard InChI is InChI=1S/C21H15Cl2FN4O2S/c1-27-18-16(20(29)28(2)21(27)30)19(31-10-12-3-6-13(22)9-15(12)23)26-17(25-18)11-4-7-14(24)8-5-11/h3-9H,10H2,1-2H3. The normalized spacial score (nSPS) is 11.3. The Morgan fingerprint density at radius 1 is 1.00 bits per heavy atom. The number of hydrogen-bond acceptors (Lipinski definition) is 5. The molecule has 0 atom stereocenters. The number of aromatic nitrogens is 4. The molecule has 2 aromatic heterocycles. The Hall–Kier alpha value is -2.68. The van der Waals surface area contributed by atoms with Crippen LogP contribution in [0.3, 0.4) is 0 Å². The molecule has 31 heavy (non-hydrogen) atoms. The zero-order chi connectivity index (χ0) is 22.3. The van der Waals surface area contributed by atoms with Crippen LogP contribution >= 0.6 is 35.0 Å². The molecule has 0 fully saturated rings. The molecule has 0 N–H and O–H groups in total. The first-order chi connectivity index (χ1) is 14.8. The van der Waals surface area contributed by atoms with Crippen molar-refractivity contribution in [1.29, 1.82) is 0 Å². The molecule has 0 aliphatic heterocycles. The first-order valence-corrected chi connectivity index (χ1v) is 10.8. The van der Waals surface area contributed by atoms with Crippen molar-refractivity contribution in [2.24, 2.45) is 14.1 Å². The Kier molecular flexibility index (Phi) is 5.88. The van der Waals surface area contributed by atoms with E-state index in [1.165, 1.54) is 42.6 Å². The molecule has 0 saturated heterocycles. The van der Waals surface area contributed by atoms with Crippen LogP contribution in [0, 0.1) is 5.82 Å². The van der Waals surface area contributed by atoms with E-state index < -0.39 is 17.1 Å². The third kappa shape index (κ3) is 4.11. The smallest absolute Gasteiger partial charge is 0.280 e. The van der Waals surface area contributed by atoms with Gasteiger partial charge in [0.1, 0.15) is 16.2 Å². The van der Waals surface area contributed by atoms with Crippen molar-refractivity contribution in [2.45, 2.75) is 10.8 Å². The lowest BCUT2D eigenvalue weighted by Crippen LogP contribution is -2.37. The first kappa shape index (κ1) is 21.5. The first-order valence-electron chi connectivity index (χ1n) is 9.06. The fourth-order valence-corrected chi connectivity index (χ4v) is 4.62. The van der Waals surface area contributed by atoms with Crippen LogP contribution in [0.4, 0.5) is 4.39 Å². The molecule has 0 saturated carbocycles. The topological polar surface area (TPSA) is 69.8 Å². The summed E-state index contributed by atoms with van der Waals surface area (Å²) in [6.07, 6.45) is 0. The summed E-state index contributed by atoms with van der Waals surface area (Å²) in [5.74, 6) is 0.301. The molecule has 2 aromatic carbocycles. The predicted octanol–water partition coefficient (Wildman–Crippen LogP) is 4.43. The fourth-order valence-electron chi connectivity index (χ4n) is 3.05. The van der Waals surface area contributed by atoms with Crippen LogP contribution in [0.25, 0.3) is 22.4 Å². The maximum Gasteiger partial charge on any atom is 0.332 e. The molecule has 0 bridgehead atoms. The second-order valence-corrected chi connectivity index (χ2v) is 8.60. The second kappa shape index (κ2) is 8.45. The molecule has 0 aliphatic carbocycles. The number of halogens is 3. The molecule has 0 amide bonds. The molecule has 4 aromatic rings. The molecule has 6 nitrogen and oxygen atoms in total. The van der Waals surface area contributed by atoms with Crippen LogP contribution in [0.15, 0.2) is 57.1 Å². The number of thioether (sulfide) groups is 1. The van der Waals surface area contributed by atoms with Gasteiger partial charge in [0.05, 0.1) is 0 Å². The SMILES string of the molecule is Cn1c(=O)c2c(SCc3ccc(Cl)cc3Cl)nc(-c3ccc(F)cc3)nc2n(C)c1=O. The summed E-state index contributed by atoms with van der Waals surface area (Å²) in [7, 11) is 2.94. The minimum Gasteiger partial charge on any atom is -0.280 e. The highest BCUT2D eigenvalue weighted by molar-refractivity contribution is 7.98. The van der Waals surface area contributed by atoms with Gasteiger partial charge in [-0.1, -0.05) is 29.3 Å². The summed E-state index contributed by atoms with van der Waals surface area (Å²) in [6, 6.07) is 10.9. The zero-order valence-electron chi connectivity index (χ0n) is 16.4. The summed E-state index contributed by atoms with van der Waals surface area (Å²) in [4.78, 5) is 34.4. The lowest BCUT2D eigenvalue weighted by molar-refractivity contribution is 0.628. The number of nitrogens with zero attached hydrogens (tertiary/aromatic N) is 4. The molecular formula is C21H15Cl2FN4O2S. The molecule has 0 radical (unpaired) electrons. The quantitative estimate of drug-likeness (QED) is 0.321. The summed E-state index contributed by atoms with van der Waals surface area (Å²) in [5.41, 5.74) is 0.578. The third-order valence-electron chi connectivity index (χ3n) is 4.75. The van der Waals surface area contributed by atoms with Gasteiger partial charge in [0.15, 0.2) is 11.5 Å². The van der Waals surface area contributed by atoms with Crippen molar-refractivity contribution in [3.05, 3.63) is 84.7 Å². The number of hydrogen-bond donors (Lipinski definition) is 0. The van der Waals surface area contributed by atoms with Gasteiger partial charge in [-0.25, -0.2) is 19.2 Å². The van der Waals surface area contributed by atoms with Gasteiger partial charge >= 0.3 is 5.69 Å². The van der Waals surface area contributed by atoms with Gasteiger partial charge in [0.25, 0.3) is 5.56 Å². The minimum absolute atomic E-state index is 0.201. The van der Waals surface area contributed by atoms with Crippen molar-refractivity contribution in [2.75, 3.05) is 0 Å². The number of aryl methyl sites for hydroxylation is 1. The van der Waals surface area contributed by atoms with E-state index in [9.17, 15) is 14.0 Å². The van der Waals surface area contributed by atoms with Crippen LogP contribution in [0.5, 0.6) is 0 Å². The number of fused-ring (bicyclic) bond motifs is 1. The van der Waals surface area contributed by atoms with E-state index in [2.05, 4.69) is 9.97 Å². The molecular weight excluding hydrogens is 462 g/mol. The van der Waals surface area contributed by atoms with E-state index in [0.717, 1.165) is 10.1 Å². The monoisotopic (exact) mass is 476 g/mol. The zero-order valence-corrected chi connectivity index (χ0v) is 18.7. The van der Waals surface area contributed by atoms with Crippen LogP contribution in [0.2, 0.25) is 10.0 Å². The highest BCUT2D eigenvalue weighted by Crippen LogP contribution is 2.31. The van der Waals surface area contributed by atoms with Crippen molar-refractivity contribution < 1.29 is 4.39 Å². The van der Waals surface area contributed by atoms with E-state index >= 15 is 0 Å². The Bertz CT molecular complexity index is 1430. The average Bonchev–Trinajstić information content (AvgIpc) is 2.75. The third-order valence-corrected chi connectivity index (χ3v) is 6.36. The summed E-state index contributed by atoms with van der Waals surface area (Å²) in [5, 5.41) is 1.64. The Balaban J connectivity index is 1.91. The molecule has 158 valence electrons. The molecule has 0 spiro atoms. The Morgan fingerprint density at radius 2 is 1.71 bits per heavy atom. The van der Waals surface area contributed by atoms with Gasteiger partial charge in [-0.05, 0) is 42.0 Å². The lowest BCUT2D eigenvalue weighted by Gasteiger charge is -2.12. The summed E-state index contributed by atoms with van der Waals surface area (Å²) in [6.45, 7) is 0. The maximum absolute atomic E-state index is 13.4. The fraction of sp³-hybridized carbons (Fsp3) is 0.143. The Labute approximate surface area is 190 Å². The van der Waals surface area contributed by atoms with E-state index in [4.69, 9.17) is 23.2 Å². The second-order valence-electron chi connectivity index (χ2n) is 6.79. The van der Waals surface area contributed by atoms with Crippen molar-refractivity contribution in [1.82, 2.24) is 19.1 Å². The van der Waals surface area contributed by atoms with Gasteiger partial charge in [-0.3, -0.25) is 13.9 Å². The van der Waals surface area contributed by atoms with Crippen LogP contribution < -0.4 is 11.2 Å². The van der Waals surface area contributed by atoms with E-state index in [1.807, 2.05) is 0 Å². The number of rotatable bonds is 4. The van der Waals surface area contributed by atoms with Gasteiger partial charge in [-0.15, -0.1) is 11.8 Å². The maximum atomic E-state index is 13.4. The molecule has 4 rings (SSSR count). The van der Waals surface area contributed by atoms with E-state index in [-0.39, 0.29) is 16.9 Å². The van der Waals surface area contributed by atoms with Gasteiger partial charge in [-0.2, -0.15) is 0 Å². The largest absolute Gasteiger partial charge is 0.332 e. The lowest BCUT2D eigenvalue weighted by atomic mass is 10.2. The molecule has 2 heterocycles. The van der Waals surface area contributed by atoms with Gasteiger partial charge in [0.2, 0.25) is 0 Å². The van der Waals surface area contributed by atoms with Gasteiger partial charge < -0.3 is 0 Å². The van der Waals surface area contributed by atoms with Crippen molar-refractivity contribution in [3.8, 4) is 11.4 Å². The molecule has 0 unspecified atom stereocenters. The van der Waals surface area contributed by atoms with Crippen LogP contribution in [-0.2, 0) is 19.8 Å². The van der Waals surface area contributed by atoms with Crippen LogP contribution in [-0.4, -0.2) is 19.1 Å². The van der Waals surface area contributed by atoms with Gasteiger partial charge in [0, 0.05) is 35.5 Å². The number of benzene rings is 2. The highest BCUT2D eigenvalue weighted by atomic mass is 35.5. The van der Waals surface area contributed by atoms with Crippen LogP contribution in [0.1, 0.15) is 5.56 Å². The summed E-state index contributed by atoms with van der Waals surface area (Å²) >= 11 is 13.5. The highest BCUT2D eigenvalue weighted by Gasteiger charge is 2.18. The average molecular weight is 477 g/mol. The van der Waals surface area contributed by atoms with Crippen molar-refractivity contribution >= 4 is 46.0 Å². The van der Waals surface area contributed by atoms with E-state index in [1.54, 1.807) is 30.3 Å². The van der Waals surface area contributed by atoms with E-state index in [0.29, 0.717) is 26.4 Å². The molecule has 10 heteroatoms. The minimum atomic E-state index is -0.502. The van der Waals surface area contributed by atoms with Crippen molar-refractivity contribution in [3.63, 3.8) is 0 Å². The summed E-state index contributed by atoms with van der Waals surface area (Å²) < 4.78 is 15.7.